The van der Waals surface area contributed by atoms with Crippen LogP contribution in [-0.2, 0) is 9.53 Å². The molecule has 6 nitrogen and oxygen atoms in total. The zero-order chi connectivity index (χ0) is 23.8. The molecule has 6 heteroatoms. The third-order valence-corrected chi connectivity index (χ3v) is 9.73. The first kappa shape index (κ1) is 23.5. The summed E-state index contributed by atoms with van der Waals surface area (Å²) < 4.78 is 5.97. The zero-order valence-corrected chi connectivity index (χ0v) is 21.1. The third-order valence-electron chi connectivity index (χ3n) is 9.73. The van der Waals surface area contributed by atoms with Gasteiger partial charge >= 0.3 is 0 Å². The Kier molecular flexibility index (Phi) is 6.61. The van der Waals surface area contributed by atoms with Gasteiger partial charge in [0.05, 0.1) is 17.6 Å². The second-order valence-electron chi connectivity index (χ2n) is 11.6. The third kappa shape index (κ3) is 4.21. The summed E-state index contributed by atoms with van der Waals surface area (Å²) in [5.74, 6) is 0.451. The Hall–Kier alpha value is -1.92. The molecule has 6 rings (SSSR count). The summed E-state index contributed by atoms with van der Waals surface area (Å²) >= 11 is 0. The molecule has 4 heterocycles. The molecule has 1 aromatic carbocycles. The Balaban J connectivity index is 1.28. The van der Waals surface area contributed by atoms with Gasteiger partial charge in [-0.05, 0) is 82.0 Å². The maximum absolute atomic E-state index is 14.1. The molecule has 1 N–H and O–H groups in total. The number of amides is 2. The molecule has 0 bridgehead atoms. The molecule has 4 fully saturated rings. The van der Waals surface area contributed by atoms with Gasteiger partial charge in [-0.3, -0.25) is 9.59 Å². The molecule has 0 aromatic heterocycles. The normalized spacial score (nSPS) is 32.5. The number of carbonyl (C=O) groups is 2. The van der Waals surface area contributed by atoms with E-state index in [1.54, 1.807) is 0 Å². The van der Waals surface area contributed by atoms with Gasteiger partial charge in [0.15, 0.2) is 0 Å². The van der Waals surface area contributed by atoms with Crippen LogP contribution < -0.4 is 5.32 Å². The van der Waals surface area contributed by atoms with Crippen LogP contribution in [0.25, 0.3) is 0 Å². The molecule has 0 unspecified atom stereocenters. The molecule has 190 valence electrons. The van der Waals surface area contributed by atoms with Gasteiger partial charge in [0, 0.05) is 31.3 Å². The van der Waals surface area contributed by atoms with Crippen molar-refractivity contribution in [1.29, 1.82) is 0 Å². The number of nitrogens with zero attached hydrogens (tertiary/aromatic N) is 2. The fourth-order valence-corrected chi connectivity index (χ4v) is 8.07. The highest BCUT2D eigenvalue weighted by molar-refractivity contribution is 6.02. The summed E-state index contributed by atoms with van der Waals surface area (Å²) in [7, 11) is 0. The van der Waals surface area contributed by atoms with Gasteiger partial charge in [0.1, 0.15) is 0 Å². The molecular weight excluding hydrogens is 438 g/mol. The zero-order valence-electron chi connectivity index (χ0n) is 21.1. The Bertz CT molecular complexity index is 935. The average molecular weight is 480 g/mol. The van der Waals surface area contributed by atoms with Crippen LogP contribution in [-0.4, -0.2) is 72.1 Å². The first-order chi connectivity index (χ1) is 17.2. The number of hydrogen-bond donors (Lipinski definition) is 1. The summed E-state index contributed by atoms with van der Waals surface area (Å²) in [5.41, 5.74) is 1.22. The highest BCUT2D eigenvalue weighted by Gasteiger charge is 2.56. The lowest BCUT2D eigenvalue weighted by molar-refractivity contribution is -0.127. The number of ether oxygens (including phenoxy) is 1. The Morgan fingerprint density at radius 3 is 2.66 bits per heavy atom. The van der Waals surface area contributed by atoms with Gasteiger partial charge in [-0.15, -0.1) is 0 Å². The Morgan fingerprint density at radius 1 is 1.00 bits per heavy atom. The largest absolute Gasteiger partial charge is 0.376 e. The molecule has 1 spiro atoms. The van der Waals surface area contributed by atoms with Crippen molar-refractivity contribution in [2.45, 2.75) is 94.2 Å². The monoisotopic (exact) mass is 479 g/mol. The number of hydrogen-bond acceptors (Lipinski definition) is 4. The molecule has 4 aliphatic heterocycles. The van der Waals surface area contributed by atoms with Crippen LogP contribution in [0.1, 0.15) is 92.5 Å². The van der Waals surface area contributed by atoms with E-state index >= 15 is 0 Å². The van der Waals surface area contributed by atoms with Crippen LogP contribution >= 0.6 is 0 Å². The van der Waals surface area contributed by atoms with Crippen LogP contribution in [0.3, 0.4) is 0 Å². The second kappa shape index (κ2) is 9.85. The van der Waals surface area contributed by atoms with Crippen LogP contribution in [0.15, 0.2) is 24.3 Å². The highest BCUT2D eigenvalue weighted by atomic mass is 16.5. The van der Waals surface area contributed by atoms with E-state index in [4.69, 9.17) is 4.74 Å². The molecular formula is C29H41N3O3. The number of nitrogens with one attached hydrogen (secondary N) is 1. The van der Waals surface area contributed by atoms with Crippen LogP contribution in [0.5, 0.6) is 0 Å². The van der Waals surface area contributed by atoms with Crippen molar-refractivity contribution in [3.63, 3.8) is 0 Å². The predicted molar refractivity (Wildman–Crippen MR) is 135 cm³/mol. The molecule has 35 heavy (non-hydrogen) atoms. The SMILES string of the molecule is O=C(NC[C@@H]1CCCN2CCCC[C@H]12)[C@H]1c2ccccc2C(=O)N(C[C@@H]2CCCO2)C12CCCC2. The minimum atomic E-state index is -0.426. The van der Waals surface area contributed by atoms with Crippen LogP contribution in [0, 0.1) is 5.92 Å². The predicted octanol–water partition coefficient (Wildman–Crippen LogP) is 4.10. The number of carbonyl (C=O) groups excluding carboxylic acids is 2. The molecule has 1 aliphatic carbocycles. The van der Waals surface area contributed by atoms with E-state index in [0.29, 0.717) is 24.1 Å². The van der Waals surface area contributed by atoms with E-state index in [0.717, 1.165) is 57.2 Å². The lowest BCUT2D eigenvalue weighted by Crippen LogP contribution is -2.62. The van der Waals surface area contributed by atoms with E-state index in [1.165, 1.54) is 45.2 Å². The molecule has 3 saturated heterocycles. The maximum atomic E-state index is 14.1. The van der Waals surface area contributed by atoms with Crippen molar-refractivity contribution < 1.29 is 14.3 Å². The average Bonchev–Trinajstić information content (AvgIpc) is 3.58. The molecule has 4 atom stereocenters. The Labute approximate surface area is 209 Å². The van der Waals surface area contributed by atoms with Gasteiger partial charge in [-0.2, -0.15) is 0 Å². The van der Waals surface area contributed by atoms with E-state index in [1.807, 2.05) is 24.3 Å². The topological polar surface area (TPSA) is 61.9 Å². The minimum absolute atomic E-state index is 0.0879. The quantitative estimate of drug-likeness (QED) is 0.691. The van der Waals surface area contributed by atoms with Crippen LogP contribution in [0.4, 0.5) is 0 Å². The summed E-state index contributed by atoms with van der Waals surface area (Å²) in [6, 6.07) is 8.50. The van der Waals surface area contributed by atoms with E-state index in [9.17, 15) is 9.59 Å². The molecule has 2 amide bonds. The molecule has 1 aromatic rings. The smallest absolute Gasteiger partial charge is 0.254 e. The van der Waals surface area contributed by atoms with Gasteiger partial charge < -0.3 is 19.9 Å². The highest BCUT2D eigenvalue weighted by Crippen LogP contribution is 2.50. The first-order valence-corrected chi connectivity index (χ1v) is 14.2. The van der Waals surface area contributed by atoms with Gasteiger partial charge in [-0.1, -0.05) is 37.5 Å². The minimum Gasteiger partial charge on any atom is -0.376 e. The number of fused-ring (bicyclic) bond motifs is 2. The van der Waals surface area contributed by atoms with Crippen LogP contribution in [0.2, 0.25) is 0 Å². The van der Waals surface area contributed by atoms with Crippen molar-refractivity contribution in [3.8, 4) is 0 Å². The summed E-state index contributed by atoms with van der Waals surface area (Å²) in [6.07, 6.45) is 12.4. The summed E-state index contributed by atoms with van der Waals surface area (Å²) in [5, 5.41) is 3.44. The number of benzene rings is 1. The van der Waals surface area contributed by atoms with E-state index < -0.39 is 5.54 Å². The maximum Gasteiger partial charge on any atom is 0.254 e. The number of rotatable bonds is 5. The lowest BCUT2D eigenvalue weighted by atomic mass is 9.70. The summed E-state index contributed by atoms with van der Waals surface area (Å²) in [6.45, 7) is 4.58. The standard InChI is InChI=1S/C29H41N3O3/c33-27(30-19-21-9-7-17-31-16-6-3-13-25(21)31)26-23-11-1-2-12-24(23)28(34)32(20-22-10-8-18-35-22)29(26)14-4-5-15-29/h1-2,11-12,21-22,25-26H,3-10,13-20H2,(H,30,33)/t21-,22-,25+,26+/m0/s1. The van der Waals surface area contributed by atoms with Gasteiger partial charge in [-0.25, -0.2) is 0 Å². The molecule has 0 radical (unpaired) electrons. The van der Waals surface area contributed by atoms with E-state index in [-0.39, 0.29) is 23.8 Å². The van der Waals surface area contributed by atoms with Crippen molar-refractivity contribution in [2.24, 2.45) is 5.92 Å². The van der Waals surface area contributed by atoms with Crippen molar-refractivity contribution in [3.05, 3.63) is 35.4 Å². The van der Waals surface area contributed by atoms with Gasteiger partial charge in [0.25, 0.3) is 5.91 Å². The van der Waals surface area contributed by atoms with Gasteiger partial charge in [0.2, 0.25) is 5.91 Å². The second-order valence-corrected chi connectivity index (χ2v) is 11.6. The fourth-order valence-electron chi connectivity index (χ4n) is 8.07. The lowest BCUT2D eigenvalue weighted by Gasteiger charge is -2.51. The first-order valence-electron chi connectivity index (χ1n) is 14.2. The van der Waals surface area contributed by atoms with E-state index in [2.05, 4.69) is 15.1 Å². The number of piperidine rings is 2. The van der Waals surface area contributed by atoms with Crippen molar-refractivity contribution >= 4 is 11.8 Å². The van der Waals surface area contributed by atoms with Crippen molar-refractivity contribution in [1.82, 2.24) is 15.1 Å². The fraction of sp³-hybridized carbons (Fsp3) is 0.724. The summed E-state index contributed by atoms with van der Waals surface area (Å²) in [4.78, 5) is 32.7. The van der Waals surface area contributed by atoms with Crippen molar-refractivity contribution in [2.75, 3.05) is 32.8 Å². The molecule has 1 saturated carbocycles. The molecule has 5 aliphatic rings. The Morgan fingerprint density at radius 2 is 1.83 bits per heavy atom.